The fourth-order valence-electron chi connectivity index (χ4n) is 11.8. The Kier molecular flexibility index (Phi) is 68.7. The Morgan fingerprint density at radius 3 is 0.740 bits per heavy atom. The molecule has 6 atom stereocenters. The van der Waals surface area contributed by atoms with Crippen molar-refractivity contribution in [3.05, 3.63) is 0 Å². The topological polar surface area (TPSA) is 237 Å². The van der Waals surface area contributed by atoms with Crippen LogP contribution < -0.4 is 0 Å². The quantitative estimate of drug-likeness (QED) is 0.0222. The van der Waals surface area contributed by atoms with E-state index in [0.717, 1.165) is 95.8 Å². The minimum absolute atomic E-state index is 0.107. The Balaban J connectivity index is 5.25. The number of carbonyl (C=O) groups is 4. The maximum absolute atomic E-state index is 13.1. The van der Waals surface area contributed by atoms with Crippen molar-refractivity contribution in [1.29, 1.82) is 0 Å². The van der Waals surface area contributed by atoms with E-state index in [1.165, 1.54) is 231 Å². The number of rotatable bonds is 77. The highest BCUT2D eigenvalue weighted by atomic mass is 31.2. The number of esters is 4. The van der Waals surface area contributed by atoms with Crippen molar-refractivity contribution < 1.29 is 80.2 Å². The molecule has 0 saturated heterocycles. The zero-order valence-electron chi connectivity index (χ0n) is 62.5. The van der Waals surface area contributed by atoms with Gasteiger partial charge in [0.2, 0.25) is 0 Å². The number of aliphatic hydroxyl groups is 1. The second-order valence-corrected chi connectivity index (χ2v) is 30.9. The first-order valence-corrected chi connectivity index (χ1v) is 43.2. The van der Waals surface area contributed by atoms with Gasteiger partial charge in [0, 0.05) is 25.7 Å². The lowest BCUT2D eigenvalue weighted by Crippen LogP contribution is -2.30. The molecule has 0 aliphatic rings. The number of hydrogen-bond acceptors (Lipinski definition) is 15. The van der Waals surface area contributed by atoms with Crippen LogP contribution in [0.1, 0.15) is 407 Å². The molecule has 0 aromatic rings. The third-order valence-electron chi connectivity index (χ3n) is 18.4. The van der Waals surface area contributed by atoms with Gasteiger partial charge in [-0.15, -0.1) is 0 Å². The Morgan fingerprint density at radius 1 is 0.292 bits per heavy atom. The zero-order valence-corrected chi connectivity index (χ0v) is 64.3. The fourth-order valence-corrected chi connectivity index (χ4v) is 13.4. The molecule has 570 valence electrons. The lowest BCUT2D eigenvalue weighted by molar-refractivity contribution is -0.161. The van der Waals surface area contributed by atoms with Gasteiger partial charge >= 0.3 is 39.5 Å². The van der Waals surface area contributed by atoms with E-state index in [1.807, 2.05) is 0 Å². The average Bonchev–Trinajstić information content (AvgIpc) is 1.31. The largest absolute Gasteiger partial charge is 0.472 e. The first-order chi connectivity index (χ1) is 46.6. The molecule has 17 nitrogen and oxygen atoms in total. The molecule has 0 aromatic heterocycles. The van der Waals surface area contributed by atoms with Crippen LogP contribution in [0, 0.1) is 5.92 Å². The molecule has 0 aliphatic heterocycles. The number of aliphatic hydroxyl groups excluding tert-OH is 1. The van der Waals surface area contributed by atoms with Gasteiger partial charge in [0.05, 0.1) is 26.4 Å². The maximum atomic E-state index is 13.1. The van der Waals surface area contributed by atoms with Crippen LogP contribution in [0.2, 0.25) is 0 Å². The summed E-state index contributed by atoms with van der Waals surface area (Å²) in [5, 5.41) is 10.6. The van der Waals surface area contributed by atoms with Gasteiger partial charge in [-0.25, -0.2) is 9.13 Å². The monoisotopic (exact) mass is 1410 g/mol. The summed E-state index contributed by atoms with van der Waals surface area (Å²) >= 11 is 0. The highest BCUT2D eigenvalue weighted by Crippen LogP contribution is 2.45. The van der Waals surface area contributed by atoms with Crippen LogP contribution in [0.4, 0.5) is 0 Å². The van der Waals surface area contributed by atoms with Gasteiger partial charge < -0.3 is 33.8 Å². The van der Waals surface area contributed by atoms with E-state index < -0.39 is 97.5 Å². The summed E-state index contributed by atoms with van der Waals surface area (Å²) in [4.78, 5) is 72.9. The van der Waals surface area contributed by atoms with Gasteiger partial charge in [-0.1, -0.05) is 356 Å². The fraction of sp³-hybridized carbons (Fsp3) is 0.948. The highest BCUT2D eigenvalue weighted by molar-refractivity contribution is 7.47. The molecule has 0 radical (unpaired) electrons. The summed E-state index contributed by atoms with van der Waals surface area (Å²) in [5.74, 6) is -1.31. The van der Waals surface area contributed by atoms with Crippen LogP contribution in [0.15, 0.2) is 0 Å². The third-order valence-corrected chi connectivity index (χ3v) is 20.3. The van der Waals surface area contributed by atoms with E-state index in [4.69, 9.17) is 37.0 Å². The predicted octanol–water partition coefficient (Wildman–Crippen LogP) is 22.9. The second-order valence-electron chi connectivity index (χ2n) is 28.0. The molecule has 96 heavy (non-hydrogen) atoms. The van der Waals surface area contributed by atoms with E-state index in [2.05, 4.69) is 34.6 Å². The normalized spacial score (nSPS) is 14.2. The molecule has 3 unspecified atom stereocenters. The summed E-state index contributed by atoms with van der Waals surface area (Å²) in [6.45, 7) is 7.33. The summed E-state index contributed by atoms with van der Waals surface area (Å²) in [6, 6.07) is 0. The molecule has 0 saturated carbocycles. The van der Waals surface area contributed by atoms with Gasteiger partial charge in [-0.3, -0.25) is 37.3 Å². The minimum Gasteiger partial charge on any atom is -0.462 e. The van der Waals surface area contributed by atoms with E-state index in [-0.39, 0.29) is 25.7 Å². The zero-order chi connectivity index (χ0) is 70.5. The third kappa shape index (κ3) is 69.2. The molecule has 0 spiro atoms. The van der Waals surface area contributed by atoms with E-state index in [0.29, 0.717) is 25.7 Å². The Labute approximate surface area is 588 Å². The molecular formula is C77H150O17P2. The van der Waals surface area contributed by atoms with Crippen molar-refractivity contribution in [2.45, 2.75) is 425 Å². The molecule has 0 bridgehead atoms. The van der Waals surface area contributed by atoms with Crippen molar-refractivity contribution in [1.82, 2.24) is 0 Å². The van der Waals surface area contributed by atoms with Crippen LogP contribution in [0.5, 0.6) is 0 Å². The molecule has 19 heteroatoms. The molecule has 3 N–H and O–H groups in total. The Hall–Kier alpha value is -1.94. The number of ether oxygens (including phenoxy) is 4. The van der Waals surface area contributed by atoms with Crippen molar-refractivity contribution in [2.75, 3.05) is 39.6 Å². The molecular weight excluding hydrogens is 1260 g/mol. The summed E-state index contributed by atoms with van der Waals surface area (Å²) in [5.41, 5.74) is 0. The van der Waals surface area contributed by atoms with E-state index in [9.17, 15) is 43.2 Å². The number of hydrogen-bond donors (Lipinski definition) is 3. The van der Waals surface area contributed by atoms with E-state index in [1.54, 1.807) is 0 Å². The van der Waals surface area contributed by atoms with E-state index >= 15 is 0 Å². The van der Waals surface area contributed by atoms with Crippen LogP contribution in [0.25, 0.3) is 0 Å². The van der Waals surface area contributed by atoms with Crippen LogP contribution in [-0.4, -0.2) is 96.7 Å². The predicted molar refractivity (Wildman–Crippen MR) is 391 cm³/mol. The van der Waals surface area contributed by atoms with Gasteiger partial charge in [-0.2, -0.15) is 0 Å². The van der Waals surface area contributed by atoms with Crippen molar-refractivity contribution in [3.63, 3.8) is 0 Å². The van der Waals surface area contributed by atoms with Crippen LogP contribution >= 0.6 is 15.6 Å². The highest BCUT2D eigenvalue weighted by Gasteiger charge is 2.30. The van der Waals surface area contributed by atoms with Crippen molar-refractivity contribution >= 4 is 39.5 Å². The van der Waals surface area contributed by atoms with Crippen LogP contribution in [-0.2, 0) is 65.4 Å². The molecule has 0 aromatic carbocycles. The molecule has 0 aliphatic carbocycles. The molecule has 0 heterocycles. The Morgan fingerprint density at radius 2 is 0.500 bits per heavy atom. The summed E-state index contributed by atoms with van der Waals surface area (Å²) in [6.07, 6.45) is 59.4. The standard InChI is InChI=1S/C77H150O17P2/c1-6-10-13-16-19-22-25-27-29-30-32-34-36-42-47-52-57-62-76(81)93-73(67-88-75(80)61-56-51-46-41-35-33-31-28-26-23-20-17-14-11-7-2)69-92-96(85,86)90-65-71(78)64-89-95(83,84)91-68-72(66-87-74(79)60-55-50-45-40-24-21-18-15-12-8-3)94-77(82)63-58-53-48-43-38-37-39-44-49-54-59-70(5)9-4/h70-73,78H,6-69H2,1-5H3,(H,83,84)(H,85,86)/t70?,71-,72+,73+/m0/s1. The first kappa shape index (κ1) is 94.1. The second kappa shape index (κ2) is 70.1. The summed E-state index contributed by atoms with van der Waals surface area (Å²) < 4.78 is 68.6. The lowest BCUT2D eigenvalue weighted by Gasteiger charge is -2.21. The number of phosphoric ester groups is 2. The molecule has 0 fully saturated rings. The van der Waals surface area contributed by atoms with Gasteiger partial charge in [0.25, 0.3) is 0 Å². The first-order valence-electron chi connectivity index (χ1n) is 40.2. The average molecular weight is 1410 g/mol. The van der Waals surface area contributed by atoms with Gasteiger partial charge in [0.15, 0.2) is 12.2 Å². The smallest absolute Gasteiger partial charge is 0.462 e. The van der Waals surface area contributed by atoms with Gasteiger partial charge in [-0.05, 0) is 31.6 Å². The SMILES string of the molecule is CCCCCCCCCCCCCCCCCCCC(=O)O[C@H](COC(=O)CCCCCCCCCCCCCCCCC)COP(=O)(O)OC[C@@H](O)COP(=O)(O)OC[C@@H](COC(=O)CCCCCCCCCCCC)OC(=O)CCCCCCCCCCCCC(C)CC. The number of unbranched alkanes of at least 4 members (excludes halogenated alkanes) is 48. The van der Waals surface area contributed by atoms with Gasteiger partial charge in [0.1, 0.15) is 19.3 Å². The number of phosphoric acid groups is 2. The maximum Gasteiger partial charge on any atom is 0.472 e. The molecule has 0 rings (SSSR count). The molecule has 0 amide bonds. The van der Waals surface area contributed by atoms with Crippen molar-refractivity contribution in [3.8, 4) is 0 Å². The number of carbonyl (C=O) groups excluding carboxylic acids is 4. The summed E-state index contributed by atoms with van der Waals surface area (Å²) in [7, 11) is -9.91. The van der Waals surface area contributed by atoms with Crippen molar-refractivity contribution in [2.24, 2.45) is 5.92 Å². The Bertz CT molecular complexity index is 1840. The van der Waals surface area contributed by atoms with Crippen LogP contribution in [0.3, 0.4) is 0 Å². The lowest BCUT2D eigenvalue weighted by atomic mass is 9.99. The minimum atomic E-state index is -4.96.